The van der Waals surface area contributed by atoms with Crippen LogP contribution in [0.15, 0.2) is 48.5 Å². The molecule has 5 heteroatoms. The highest BCUT2D eigenvalue weighted by molar-refractivity contribution is 5.85. The van der Waals surface area contributed by atoms with Gasteiger partial charge < -0.3 is 9.64 Å². The Labute approximate surface area is 188 Å². The Morgan fingerprint density at radius 2 is 1.57 bits per heavy atom. The lowest BCUT2D eigenvalue weighted by atomic mass is 9.98. The molecule has 0 aromatic heterocycles. The summed E-state index contributed by atoms with van der Waals surface area (Å²) in [6, 6.07) is 18.6. The first-order chi connectivity index (χ1) is 14.2. The van der Waals surface area contributed by atoms with E-state index in [1.54, 1.807) is 7.11 Å². The number of benzene rings is 2. The van der Waals surface area contributed by atoms with E-state index in [2.05, 4.69) is 77.1 Å². The maximum absolute atomic E-state index is 5.36. The second-order valence-electron chi connectivity index (χ2n) is 8.53. The third kappa shape index (κ3) is 5.11. The van der Waals surface area contributed by atoms with E-state index in [4.69, 9.17) is 4.74 Å². The lowest BCUT2D eigenvalue weighted by Crippen LogP contribution is -2.53. The molecule has 0 amide bonds. The number of aryl methyl sites for hydroxylation is 1. The van der Waals surface area contributed by atoms with Gasteiger partial charge in [0.25, 0.3) is 0 Å². The number of anilines is 1. The number of piperidine rings is 1. The third-order valence-electron chi connectivity index (χ3n) is 6.90. The topological polar surface area (TPSA) is 19.0 Å². The van der Waals surface area contributed by atoms with Crippen LogP contribution in [0, 0.1) is 6.92 Å². The van der Waals surface area contributed by atoms with Crippen LogP contribution in [-0.4, -0.2) is 62.2 Å². The third-order valence-corrected chi connectivity index (χ3v) is 6.90. The quantitative estimate of drug-likeness (QED) is 0.681. The van der Waals surface area contributed by atoms with E-state index in [0.717, 1.165) is 24.9 Å². The molecular formula is C25H36ClN3O. The average molecular weight is 430 g/mol. The SMILES string of the molecule is COc1ccc(N2CCN(C3CCN(C(C)c4ccccc4)CC3)CC2)c(C)c1.Cl. The summed E-state index contributed by atoms with van der Waals surface area (Å²) in [5.74, 6) is 0.946. The zero-order valence-corrected chi connectivity index (χ0v) is 19.4. The molecule has 2 saturated heterocycles. The molecule has 2 fully saturated rings. The highest BCUT2D eigenvalue weighted by Crippen LogP contribution is 2.29. The molecule has 4 rings (SSSR count). The van der Waals surface area contributed by atoms with Crippen LogP contribution >= 0.6 is 12.4 Å². The van der Waals surface area contributed by atoms with Gasteiger partial charge in [-0.05, 0) is 56.0 Å². The Bertz CT molecular complexity index is 784. The van der Waals surface area contributed by atoms with Crippen molar-refractivity contribution in [2.75, 3.05) is 51.3 Å². The van der Waals surface area contributed by atoms with E-state index in [1.165, 1.54) is 55.8 Å². The number of nitrogens with zero attached hydrogens (tertiary/aromatic N) is 3. The van der Waals surface area contributed by atoms with Crippen LogP contribution < -0.4 is 9.64 Å². The zero-order valence-electron chi connectivity index (χ0n) is 18.6. The van der Waals surface area contributed by atoms with Gasteiger partial charge in [-0.25, -0.2) is 0 Å². The second kappa shape index (κ2) is 10.5. The number of methoxy groups -OCH3 is 1. The predicted molar refractivity (Wildman–Crippen MR) is 128 cm³/mol. The Kier molecular flexibility index (Phi) is 8.04. The molecule has 2 aliphatic rings. The number of rotatable bonds is 5. The van der Waals surface area contributed by atoms with E-state index < -0.39 is 0 Å². The van der Waals surface area contributed by atoms with Crippen molar-refractivity contribution in [2.45, 2.75) is 38.8 Å². The number of hydrogen-bond acceptors (Lipinski definition) is 4. The summed E-state index contributed by atoms with van der Waals surface area (Å²) in [5, 5.41) is 0. The summed E-state index contributed by atoms with van der Waals surface area (Å²) in [7, 11) is 1.74. The highest BCUT2D eigenvalue weighted by atomic mass is 35.5. The summed E-state index contributed by atoms with van der Waals surface area (Å²) in [6.07, 6.45) is 2.58. The first-order valence-electron chi connectivity index (χ1n) is 11.1. The van der Waals surface area contributed by atoms with Crippen molar-refractivity contribution >= 4 is 18.1 Å². The van der Waals surface area contributed by atoms with Crippen LogP contribution in [0.4, 0.5) is 5.69 Å². The van der Waals surface area contributed by atoms with Crippen LogP contribution in [0.2, 0.25) is 0 Å². The van der Waals surface area contributed by atoms with Gasteiger partial charge in [0.2, 0.25) is 0 Å². The molecule has 0 aliphatic carbocycles. The maximum atomic E-state index is 5.36. The maximum Gasteiger partial charge on any atom is 0.119 e. The van der Waals surface area contributed by atoms with Crippen molar-refractivity contribution in [1.82, 2.24) is 9.80 Å². The normalized spacial score (nSPS) is 19.9. The summed E-state index contributed by atoms with van der Waals surface area (Å²) in [5.41, 5.74) is 4.10. The van der Waals surface area contributed by atoms with Gasteiger partial charge >= 0.3 is 0 Å². The first kappa shape index (κ1) is 22.9. The number of hydrogen-bond donors (Lipinski definition) is 0. The Morgan fingerprint density at radius 1 is 0.900 bits per heavy atom. The van der Waals surface area contributed by atoms with Crippen LogP contribution in [-0.2, 0) is 0 Å². The Balaban J connectivity index is 0.00000256. The fraction of sp³-hybridized carbons (Fsp3) is 0.520. The number of halogens is 1. The van der Waals surface area contributed by atoms with Crippen molar-refractivity contribution in [3.63, 3.8) is 0 Å². The van der Waals surface area contributed by atoms with Crippen LogP contribution in [0.3, 0.4) is 0 Å². The molecule has 0 saturated carbocycles. The molecule has 0 bridgehead atoms. The molecule has 4 nitrogen and oxygen atoms in total. The number of ether oxygens (including phenoxy) is 1. The van der Waals surface area contributed by atoms with Crippen LogP contribution in [0.25, 0.3) is 0 Å². The molecule has 1 atom stereocenters. The van der Waals surface area contributed by atoms with E-state index >= 15 is 0 Å². The Morgan fingerprint density at radius 3 is 2.17 bits per heavy atom. The monoisotopic (exact) mass is 429 g/mol. The van der Waals surface area contributed by atoms with Crippen LogP contribution in [0.1, 0.15) is 36.9 Å². The zero-order chi connectivity index (χ0) is 20.2. The molecule has 0 spiro atoms. The van der Waals surface area contributed by atoms with Crippen molar-refractivity contribution < 1.29 is 4.74 Å². The van der Waals surface area contributed by atoms with Gasteiger partial charge in [0.1, 0.15) is 5.75 Å². The minimum Gasteiger partial charge on any atom is -0.497 e. The van der Waals surface area contributed by atoms with Gasteiger partial charge in [-0.2, -0.15) is 0 Å². The van der Waals surface area contributed by atoms with Gasteiger partial charge in [-0.1, -0.05) is 30.3 Å². The largest absolute Gasteiger partial charge is 0.497 e. The summed E-state index contributed by atoms with van der Waals surface area (Å²) in [4.78, 5) is 7.93. The summed E-state index contributed by atoms with van der Waals surface area (Å²) >= 11 is 0. The van der Waals surface area contributed by atoms with Gasteiger partial charge in [0.05, 0.1) is 7.11 Å². The van der Waals surface area contributed by atoms with Crippen molar-refractivity contribution in [3.05, 3.63) is 59.7 Å². The standard InChI is InChI=1S/C25H35N3O.ClH/c1-20-19-24(29-3)9-10-25(20)28-17-15-27(16-18-28)23-11-13-26(14-12-23)21(2)22-7-5-4-6-8-22;/h4-10,19,21,23H,11-18H2,1-3H3;1H. The summed E-state index contributed by atoms with van der Waals surface area (Å²) < 4.78 is 5.36. The molecular weight excluding hydrogens is 394 g/mol. The molecule has 0 N–H and O–H groups in total. The molecule has 2 aromatic rings. The van der Waals surface area contributed by atoms with E-state index in [1.807, 2.05) is 0 Å². The molecule has 30 heavy (non-hydrogen) atoms. The average Bonchev–Trinajstić information content (AvgIpc) is 2.79. The molecule has 2 aromatic carbocycles. The van der Waals surface area contributed by atoms with E-state index in [0.29, 0.717) is 6.04 Å². The highest BCUT2D eigenvalue weighted by Gasteiger charge is 2.29. The molecule has 1 unspecified atom stereocenters. The van der Waals surface area contributed by atoms with Crippen molar-refractivity contribution in [3.8, 4) is 5.75 Å². The summed E-state index contributed by atoms with van der Waals surface area (Å²) in [6.45, 7) is 11.5. The predicted octanol–water partition coefficient (Wildman–Crippen LogP) is 4.77. The molecule has 0 radical (unpaired) electrons. The Hall–Kier alpha value is -1.75. The molecule has 2 aliphatic heterocycles. The minimum atomic E-state index is 0. The lowest BCUT2D eigenvalue weighted by molar-refractivity contribution is 0.0840. The van der Waals surface area contributed by atoms with Crippen LogP contribution in [0.5, 0.6) is 5.75 Å². The van der Waals surface area contributed by atoms with Gasteiger partial charge in [-0.3, -0.25) is 9.80 Å². The first-order valence-corrected chi connectivity index (χ1v) is 11.1. The molecule has 2 heterocycles. The van der Waals surface area contributed by atoms with Gasteiger partial charge in [-0.15, -0.1) is 12.4 Å². The van der Waals surface area contributed by atoms with E-state index in [9.17, 15) is 0 Å². The van der Waals surface area contributed by atoms with Gasteiger partial charge in [0, 0.05) is 57.0 Å². The van der Waals surface area contributed by atoms with Crippen molar-refractivity contribution in [2.24, 2.45) is 0 Å². The lowest BCUT2D eigenvalue weighted by Gasteiger charge is -2.44. The van der Waals surface area contributed by atoms with Gasteiger partial charge in [0.15, 0.2) is 0 Å². The number of likely N-dealkylation sites (tertiary alicyclic amines) is 1. The second-order valence-corrected chi connectivity index (χ2v) is 8.53. The van der Waals surface area contributed by atoms with Crippen molar-refractivity contribution in [1.29, 1.82) is 0 Å². The minimum absolute atomic E-state index is 0. The van der Waals surface area contributed by atoms with E-state index in [-0.39, 0.29) is 12.4 Å². The fourth-order valence-corrected chi connectivity index (χ4v) is 5.02. The fourth-order valence-electron chi connectivity index (χ4n) is 5.02. The molecule has 164 valence electrons. The smallest absolute Gasteiger partial charge is 0.119 e. The number of piperazine rings is 1.